The first-order chi connectivity index (χ1) is 13.4. The van der Waals surface area contributed by atoms with E-state index in [9.17, 15) is 8.42 Å². The van der Waals surface area contributed by atoms with E-state index in [1.54, 1.807) is 25.2 Å². The van der Waals surface area contributed by atoms with Gasteiger partial charge in [-0.1, -0.05) is 25.0 Å². The molecule has 1 fully saturated rings. The third-order valence-corrected chi connectivity index (χ3v) is 6.85. The number of aliphatic imine (C=N–C) groups is 1. The van der Waals surface area contributed by atoms with Gasteiger partial charge in [0.2, 0.25) is 10.0 Å². The van der Waals surface area contributed by atoms with Crippen molar-refractivity contribution in [2.24, 2.45) is 10.4 Å². The Labute approximate surface area is 169 Å². The van der Waals surface area contributed by atoms with E-state index in [1.165, 1.54) is 32.7 Å². The molecule has 0 aliphatic heterocycles. The summed E-state index contributed by atoms with van der Waals surface area (Å²) in [5.41, 5.74) is 1.15. The van der Waals surface area contributed by atoms with Crippen LogP contribution in [0.25, 0.3) is 0 Å². The molecular formula is C20H34N4O3S. The second-order valence-electron chi connectivity index (χ2n) is 7.29. The van der Waals surface area contributed by atoms with Crippen molar-refractivity contribution in [1.82, 2.24) is 15.4 Å². The Balaban J connectivity index is 1.91. The predicted molar refractivity (Wildman–Crippen MR) is 113 cm³/mol. The number of benzene rings is 1. The fraction of sp³-hybridized carbons (Fsp3) is 0.650. The third-order valence-electron chi connectivity index (χ3n) is 5.44. The molecule has 0 spiro atoms. The molecule has 1 aromatic carbocycles. The van der Waals surface area contributed by atoms with Gasteiger partial charge in [-0.05, 0) is 56.3 Å². The standard InChI is InChI=1S/C20H34N4O3S/c1-4-27-13-12-20(10-5-6-11-20)16-24-19(21-2)23-15-17-8-7-9-18(14-17)28(25,26)22-3/h7-9,14,22H,4-6,10-13,15-16H2,1-3H3,(H2,21,23,24). The van der Waals surface area contributed by atoms with Crippen LogP contribution in [0.15, 0.2) is 34.2 Å². The van der Waals surface area contributed by atoms with Gasteiger partial charge >= 0.3 is 0 Å². The number of rotatable bonds is 10. The second-order valence-corrected chi connectivity index (χ2v) is 9.17. The minimum atomic E-state index is -3.44. The molecule has 1 aliphatic carbocycles. The van der Waals surface area contributed by atoms with E-state index in [0.29, 0.717) is 6.54 Å². The van der Waals surface area contributed by atoms with Crippen LogP contribution in [-0.2, 0) is 21.3 Å². The Morgan fingerprint density at radius 1 is 1.25 bits per heavy atom. The van der Waals surface area contributed by atoms with Gasteiger partial charge in [0.15, 0.2) is 5.96 Å². The van der Waals surface area contributed by atoms with Crippen molar-refractivity contribution >= 4 is 16.0 Å². The number of guanidine groups is 1. The summed E-state index contributed by atoms with van der Waals surface area (Å²) >= 11 is 0. The van der Waals surface area contributed by atoms with Gasteiger partial charge < -0.3 is 15.4 Å². The van der Waals surface area contributed by atoms with Crippen LogP contribution in [0.2, 0.25) is 0 Å². The number of ether oxygens (including phenoxy) is 1. The van der Waals surface area contributed by atoms with E-state index < -0.39 is 10.0 Å². The van der Waals surface area contributed by atoms with E-state index in [0.717, 1.165) is 37.7 Å². The number of nitrogens with one attached hydrogen (secondary N) is 3. The molecule has 1 aromatic rings. The number of sulfonamides is 1. The van der Waals surface area contributed by atoms with Gasteiger partial charge in [0, 0.05) is 33.4 Å². The van der Waals surface area contributed by atoms with E-state index >= 15 is 0 Å². The summed E-state index contributed by atoms with van der Waals surface area (Å²) < 4.78 is 31.8. The molecule has 8 heteroatoms. The van der Waals surface area contributed by atoms with Crippen molar-refractivity contribution in [3.05, 3.63) is 29.8 Å². The molecule has 158 valence electrons. The molecule has 0 aromatic heterocycles. The molecule has 1 saturated carbocycles. The smallest absolute Gasteiger partial charge is 0.240 e. The number of nitrogens with zero attached hydrogens (tertiary/aromatic N) is 1. The first-order valence-corrected chi connectivity index (χ1v) is 11.5. The van der Waals surface area contributed by atoms with E-state index in [1.807, 2.05) is 13.0 Å². The number of hydrogen-bond donors (Lipinski definition) is 3. The first kappa shape index (κ1) is 22.6. The lowest BCUT2D eigenvalue weighted by Gasteiger charge is -2.30. The van der Waals surface area contributed by atoms with Crippen LogP contribution in [0.3, 0.4) is 0 Å². The van der Waals surface area contributed by atoms with Crippen LogP contribution in [0.5, 0.6) is 0 Å². The Morgan fingerprint density at radius 2 is 2.00 bits per heavy atom. The minimum Gasteiger partial charge on any atom is -0.382 e. The highest BCUT2D eigenvalue weighted by molar-refractivity contribution is 7.89. The molecule has 0 bridgehead atoms. The highest BCUT2D eigenvalue weighted by atomic mass is 32.2. The topological polar surface area (TPSA) is 91.8 Å². The Morgan fingerprint density at radius 3 is 2.64 bits per heavy atom. The Bertz CT molecular complexity index is 744. The molecule has 3 N–H and O–H groups in total. The zero-order valence-corrected chi connectivity index (χ0v) is 18.1. The average Bonchev–Trinajstić information content (AvgIpc) is 3.17. The number of hydrogen-bond acceptors (Lipinski definition) is 4. The maximum Gasteiger partial charge on any atom is 0.240 e. The fourth-order valence-electron chi connectivity index (χ4n) is 3.69. The SMILES string of the molecule is CCOCCC1(CNC(=NC)NCc2cccc(S(=O)(=O)NC)c2)CCCC1. The molecule has 0 radical (unpaired) electrons. The lowest BCUT2D eigenvalue weighted by atomic mass is 9.83. The van der Waals surface area contributed by atoms with Gasteiger partial charge in [-0.25, -0.2) is 13.1 Å². The van der Waals surface area contributed by atoms with Crippen molar-refractivity contribution in [2.75, 3.05) is 33.9 Å². The van der Waals surface area contributed by atoms with Crippen LogP contribution in [0.1, 0.15) is 44.6 Å². The molecule has 1 aliphatic rings. The van der Waals surface area contributed by atoms with E-state index in [2.05, 4.69) is 20.3 Å². The summed E-state index contributed by atoms with van der Waals surface area (Å²) in [6, 6.07) is 6.91. The van der Waals surface area contributed by atoms with Crippen molar-refractivity contribution in [2.45, 2.75) is 50.5 Å². The quantitative estimate of drug-likeness (QED) is 0.313. The van der Waals surface area contributed by atoms with Gasteiger partial charge in [0.1, 0.15) is 0 Å². The lowest BCUT2D eigenvalue weighted by molar-refractivity contribution is 0.105. The highest BCUT2D eigenvalue weighted by Gasteiger charge is 2.33. The van der Waals surface area contributed by atoms with Crippen molar-refractivity contribution in [3.8, 4) is 0 Å². The molecular weight excluding hydrogens is 376 g/mol. The fourth-order valence-corrected chi connectivity index (χ4v) is 4.49. The summed E-state index contributed by atoms with van der Waals surface area (Å²) in [7, 11) is -0.279. The molecule has 0 saturated heterocycles. The van der Waals surface area contributed by atoms with Crippen LogP contribution in [-0.4, -0.2) is 48.2 Å². The molecule has 0 atom stereocenters. The Hall–Kier alpha value is -1.64. The normalized spacial score (nSPS) is 16.9. The van der Waals surface area contributed by atoms with Gasteiger partial charge in [-0.2, -0.15) is 0 Å². The van der Waals surface area contributed by atoms with Crippen molar-refractivity contribution in [3.63, 3.8) is 0 Å². The van der Waals surface area contributed by atoms with Crippen LogP contribution >= 0.6 is 0 Å². The van der Waals surface area contributed by atoms with E-state index in [-0.39, 0.29) is 10.3 Å². The van der Waals surface area contributed by atoms with Crippen molar-refractivity contribution in [1.29, 1.82) is 0 Å². The maximum absolute atomic E-state index is 12.0. The zero-order chi connectivity index (χ0) is 20.5. The van der Waals surface area contributed by atoms with Gasteiger partial charge in [0.05, 0.1) is 4.90 Å². The molecule has 0 amide bonds. The van der Waals surface area contributed by atoms with Gasteiger partial charge in [-0.15, -0.1) is 0 Å². The van der Waals surface area contributed by atoms with Crippen LogP contribution in [0.4, 0.5) is 0 Å². The molecule has 0 heterocycles. The first-order valence-electron chi connectivity index (χ1n) is 9.99. The summed E-state index contributed by atoms with van der Waals surface area (Å²) in [5.74, 6) is 0.726. The summed E-state index contributed by atoms with van der Waals surface area (Å²) in [6.45, 7) is 4.96. The van der Waals surface area contributed by atoms with Crippen LogP contribution in [0, 0.1) is 5.41 Å². The van der Waals surface area contributed by atoms with Gasteiger partial charge in [0.25, 0.3) is 0 Å². The Kier molecular flexibility index (Phi) is 8.72. The second kappa shape index (κ2) is 10.8. The zero-order valence-electron chi connectivity index (χ0n) is 17.3. The summed E-state index contributed by atoms with van der Waals surface area (Å²) in [4.78, 5) is 4.57. The van der Waals surface area contributed by atoms with Crippen LogP contribution < -0.4 is 15.4 Å². The molecule has 7 nitrogen and oxygen atoms in total. The third kappa shape index (κ3) is 6.46. The molecule has 28 heavy (non-hydrogen) atoms. The predicted octanol–water partition coefficient (Wildman–Crippen LogP) is 2.25. The summed E-state index contributed by atoms with van der Waals surface area (Å²) in [5, 5.41) is 6.74. The summed E-state index contributed by atoms with van der Waals surface area (Å²) in [6.07, 6.45) is 6.04. The van der Waals surface area contributed by atoms with Crippen molar-refractivity contribution < 1.29 is 13.2 Å². The molecule has 0 unspecified atom stereocenters. The monoisotopic (exact) mass is 410 g/mol. The molecule has 2 rings (SSSR count). The lowest BCUT2D eigenvalue weighted by Crippen LogP contribution is -2.43. The highest BCUT2D eigenvalue weighted by Crippen LogP contribution is 2.40. The maximum atomic E-state index is 12.0. The minimum absolute atomic E-state index is 0.262. The average molecular weight is 411 g/mol. The largest absolute Gasteiger partial charge is 0.382 e. The van der Waals surface area contributed by atoms with Gasteiger partial charge in [-0.3, -0.25) is 4.99 Å². The van der Waals surface area contributed by atoms with E-state index in [4.69, 9.17) is 4.74 Å².